The monoisotopic (exact) mass is 377 g/mol. The molecule has 2 aromatic rings. The molecule has 5 heteroatoms. The first-order valence-corrected chi connectivity index (χ1v) is 7.90. The number of benzene rings is 2. The second-order valence-electron chi connectivity index (χ2n) is 4.95. The number of rotatable bonds is 6. The summed E-state index contributed by atoms with van der Waals surface area (Å²) in [7, 11) is 0. The number of halogens is 2. The molecule has 2 aromatic carbocycles. The van der Waals surface area contributed by atoms with Crippen molar-refractivity contribution < 1.29 is 13.9 Å². The molecule has 0 aliphatic heterocycles. The predicted octanol–water partition coefficient (Wildman–Crippen LogP) is 4.91. The highest BCUT2D eigenvalue weighted by molar-refractivity contribution is 9.10. The van der Waals surface area contributed by atoms with Gasteiger partial charge in [0.2, 0.25) is 0 Å². The van der Waals surface area contributed by atoms with Crippen LogP contribution in [0.2, 0.25) is 0 Å². The highest BCUT2D eigenvalue weighted by atomic mass is 79.9. The van der Waals surface area contributed by atoms with Crippen LogP contribution in [0.4, 0.5) is 9.18 Å². The number of hydrogen-bond acceptors (Lipinski definition) is 2. The third-order valence-corrected chi connectivity index (χ3v) is 3.68. The molecular formula is C18H17BrFNO2. The Labute approximate surface area is 143 Å². The van der Waals surface area contributed by atoms with E-state index < -0.39 is 6.09 Å². The van der Waals surface area contributed by atoms with Gasteiger partial charge in [-0.25, -0.2) is 9.18 Å². The Kier molecular flexibility index (Phi) is 6.35. The summed E-state index contributed by atoms with van der Waals surface area (Å²) in [5, 5.41) is 0. The summed E-state index contributed by atoms with van der Waals surface area (Å²) in [6.45, 7) is 4.20. The Bertz CT molecular complexity index is 676. The number of ether oxygens (including phenoxy) is 1. The van der Waals surface area contributed by atoms with E-state index >= 15 is 0 Å². The number of carbonyl (C=O) groups is 1. The molecule has 0 saturated heterocycles. The quantitative estimate of drug-likeness (QED) is 0.669. The molecule has 0 radical (unpaired) electrons. The van der Waals surface area contributed by atoms with Crippen molar-refractivity contribution in [2.24, 2.45) is 0 Å². The highest BCUT2D eigenvalue weighted by Crippen LogP contribution is 2.18. The van der Waals surface area contributed by atoms with Crippen LogP contribution in [0.15, 0.2) is 65.7 Å². The fourth-order valence-electron chi connectivity index (χ4n) is 2.04. The SMILES string of the molecule is C=CCN(Cc1cc(Br)ccc1F)C(=O)OCc1ccccc1. The molecule has 0 aliphatic carbocycles. The molecule has 0 aliphatic rings. The van der Waals surface area contributed by atoms with Gasteiger partial charge in [-0.2, -0.15) is 0 Å². The largest absolute Gasteiger partial charge is 0.445 e. The van der Waals surface area contributed by atoms with Gasteiger partial charge in [0.05, 0.1) is 6.54 Å². The number of hydrogen-bond donors (Lipinski definition) is 0. The average molecular weight is 378 g/mol. The van der Waals surface area contributed by atoms with Crippen LogP contribution in [0.3, 0.4) is 0 Å². The summed E-state index contributed by atoms with van der Waals surface area (Å²) in [5.41, 5.74) is 1.31. The lowest BCUT2D eigenvalue weighted by Crippen LogP contribution is -2.31. The summed E-state index contributed by atoms with van der Waals surface area (Å²) in [6.07, 6.45) is 1.08. The van der Waals surface area contributed by atoms with E-state index in [0.29, 0.717) is 5.56 Å². The third kappa shape index (κ3) is 5.21. The van der Waals surface area contributed by atoms with Crippen LogP contribution in [0, 0.1) is 5.82 Å². The maximum Gasteiger partial charge on any atom is 0.410 e. The van der Waals surface area contributed by atoms with Gasteiger partial charge in [-0.05, 0) is 23.8 Å². The van der Waals surface area contributed by atoms with Crippen LogP contribution in [-0.4, -0.2) is 17.5 Å². The summed E-state index contributed by atoms with van der Waals surface area (Å²) >= 11 is 3.30. The van der Waals surface area contributed by atoms with Crippen molar-refractivity contribution in [2.45, 2.75) is 13.2 Å². The second kappa shape index (κ2) is 8.48. The molecule has 0 spiro atoms. The van der Waals surface area contributed by atoms with Crippen molar-refractivity contribution in [1.82, 2.24) is 4.90 Å². The van der Waals surface area contributed by atoms with Crippen molar-refractivity contribution in [3.63, 3.8) is 0 Å². The molecule has 1 amide bonds. The van der Waals surface area contributed by atoms with Gasteiger partial charge in [0, 0.05) is 16.6 Å². The van der Waals surface area contributed by atoms with E-state index in [-0.39, 0.29) is 25.5 Å². The van der Waals surface area contributed by atoms with Crippen LogP contribution >= 0.6 is 15.9 Å². The summed E-state index contributed by atoms with van der Waals surface area (Å²) in [4.78, 5) is 13.6. The van der Waals surface area contributed by atoms with Crippen LogP contribution in [0.25, 0.3) is 0 Å². The van der Waals surface area contributed by atoms with Gasteiger partial charge in [0.1, 0.15) is 12.4 Å². The number of nitrogens with zero attached hydrogens (tertiary/aromatic N) is 1. The molecule has 0 fully saturated rings. The van der Waals surface area contributed by atoms with Crippen molar-refractivity contribution in [3.8, 4) is 0 Å². The van der Waals surface area contributed by atoms with Gasteiger partial charge in [-0.1, -0.05) is 52.3 Å². The third-order valence-electron chi connectivity index (χ3n) is 3.18. The maximum absolute atomic E-state index is 13.9. The van der Waals surface area contributed by atoms with Crippen molar-refractivity contribution in [1.29, 1.82) is 0 Å². The topological polar surface area (TPSA) is 29.5 Å². The average Bonchev–Trinajstić information content (AvgIpc) is 2.56. The zero-order valence-electron chi connectivity index (χ0n) is 12.5. The number of amides is 1. The zero-order chi connectivity index (χ0) is 16.7. The second-order valence-corrected chi connectivity index (χ2v) is 5.86. The molecule has 0 heterocycles. The van der Waals surface area contributed by atoms with Gasteiger partial charge in [-0.3, -0.25) is 0 Å². The Morgan fingerprint density at radius 3 is 2.70 bits per heavy atom. The summed E-state index contributed by atoms with van der Waals surface area (Å²) in [5.74, 6) is -0.363. The van der Waals surface area contributed by atoms with Gasteiger partial charge in [-0.15, -0.1) is 6.58 Å². The van der Waals surface area contributed by atoms with Crippen LogP contribution in [0.1, 0.15) is 11.1 Å². The Hall–Kier alpha value is -2.14. The van der Waals surface area contributed by atoms with E-state index in [1.54, 1.807) is 18.2 Å². The maximum atomic E-state index is 13.9. The molecule has 3 nitrogen and oxygen atoms in total. The minimum atomic E-state index is -0.506. The summed E-state index contributed by atoms with van der Waals surface area (Å²) in [6, 6.07) is 14.0. The van der Waals surface area contributed by atoms with E-state index in [2.05, 4.69) is 22.5 Å². The lowest BCUT2D eigenvalue weighted by atomic mass is 10.2. The van der Waals surface area contributed by atoms with Crippen LogP contribution in [0.5, 0.6) is 0 Å². The molecule has 0 N–H and O–H groups in total. The first-order valence-electron chi connectivity index (χ1n) is 7.10. The van der Waals surface area contributed by atoms with E-state index in [9.17, 15) is 9.18 Å². The van der Waals surface area contributed by atoms with E-state index in [1.165, 1.54) is 11.0 Å². The van der Waals surface area contributed by atoms with Gasteiger partial charge < -0.3 is 9.64 Å². The first kappa shape index (κ1) is 17.2. The van der Waals surface area contributed by atoms with Crippen molar-refractivity contribution in [3.05, 3.63) is 82.6 Å². The standard InChI is InChI=1S/C18H17BrFNO2/c1-2-10-21(12-15-11-16(19)8-9-17(15)20)18(22)23-13-14-6-4-3-5-7-14/h2-9,11H,1,10,12-13H2. The van der Waals surface area contributed by atoms with Crippen LogP contribution < -0.4 is 0 Å². The predicted molar refractivity (Wildman–Crippen MR) is 91.3 cm³/mol. The lowest BCUT2D eigenvalue weighted by Gasteiger charge is -2.21. The summed E-state index contributed by atoms with van der Waals surface area (Å²) < 4.78 is 19.9. The Morgan fingerprint density at radius 2 is 2.00 bits per heavy atom. The molecule has 0 unspecified atom stereocenters. The number of carbonyl (C=O) groups excluding carboxylic acids is 1. The lowest BCUT2D eigenvalue weighted by molar-refractivity contribution is 0.0975. The molecule has 2 rings (SSSR count). The normalized spacial score (nSPS) is 10.2. The fourth-order valence-corrected chi connectivity index (χ4v) is 2.45. The molecule has 0 bridgehead atoms. The van der Waals surface area contributed by atoms with Crippen LogP contribution in [-0.2, 0) is 17.9 Å². The first-order chi connectivity index (χ1) is 11.1. The van der Waals surface area contributed by atoms with Crippen molar-refractivity contribution in [2.75, 3.05) is 6.54 Å². The zero-order valence-corrected chi connectivity index (χ0v) is 14.1. The molecule has 0 atom stereocenters. The van der Waals surface area contributed by atoms with E-state index in [4.69, 9.17) is 4.74 Å². The van der Waals surface area contributed by atoms with E-state index in [1.807, 2.05) is 30.3 Å². The molecule has 23 heavy (non-hydrogen) atoms. The van der Waals surface area contributed by atoms with Gasteiger partial charge in [0.25, 0.3) is 0 Å². The van der Waals surface area contributed by atoms with Gasteiger partial charge >= 0.3 is 6.09 Å². The fraction of sp³-hybridized carbons (Fsp3) is 0.167. The van der Waals surface area contributed by atoms with Gasteiger partial charge in [0.15, 0.2) is 0 Å². The molecule has 120 valence electrons. The Morgan fingerprint density at radius 1 is 1.26 bits per heavy atom. The highest BCUT2D eigenvalue weighted by Gasteiger charge is 2.16. The molecule has 0 saturated carbocycles. The minimum Gasteiger partial charge on any atom is -0.445 e. The molecular weight excluding hydrogens is 361 g/mol. The van der Waals surface area contributed by atoms with Crippen molar-refractivity contribution >= 4 is 22.0 Å². The van der Waals surface area contributed by atoms with E-state index in [0.717, 1.165) is 10.0 Å². The minimum absolute atomic E-state index is 0.116. The smallest absolute Gasteiger partial charge is 0.410 e. The molecule has 0 aromatic heterocycles. The Balaban J connectivity index is 2.03.